The molecule has 0 atom stereocenters. The number of benzene rings is 1. The van der Waals surface area contributed by atoms with Crippen molar-refractivity contribution in [1.82, 2.24) is 4.90 Å². The minimum atomic E-state index is 0.410. The molecular weight excluding hydrogens is 462 g/mol. The van der Waals surface area contributed by atoms with Crippen molar-refractivity contribution in [2.45, 2.75) is 65.2 Å². The van der Waals surface area contributed by atoms with Gasteiger partial charge in [0.05, 0.1) is 26.0 Å². The van der Waals surface area contributed by atoms with Gasteiger partial charge in [0, 0.05) is 70.8 Å². The third kappa shape index (κ3) is 6.57. The van der Waals surface area contributed by atoms with Gasteiger partial charge < -0.3 is 24.0 Å². The maximum Gasteiger partial charge on any atom is 0.144 e. The predicted molar refractivity (Wildman–Crippen MR) is 152 cm³/mol. The van der Waals surface area contributed by atoms with Crippen LogP contribution in [0.5, 0.6) is 5.75 Å². The van der Waals surface area contributed by atoms with Gasteiger partial charge in [-0.1, -0.05) is 20.8 Å². The number of morpholine rings is 1. The molecule has 1 saturated carbocycles. The molecule has 37 heavy (non-hydrogen) atoms. The summed E-state index contributed by atoms with van der Waals surface area (Å²) in [6.07, 6.45) is 7.72. The first-order valence-corrected chi connectivity index (χ1v) is 15.0. The van der Waals surface area contributed by atoms with Gasteiger partial charge in [-0.15, -0.1) is 0 Å². The quantitative estimate of drug-likeness (QED) is 0.507. The predicted octanol–water partition coefficient (Wildman–Crippen LogP) is 5.40. The number of rotatable bonds is 6. The molecule has 4 fully saturated rings. The highest BCUT2D eigenvalue weighted by Gasteiger charge is 2.33. The highest BCUT2D eigenvalue weighted by atomic mass is 16.5. The lowest BCUT2D eigenvalue weighted by molar-refractivity contribution is 0.0517. The first kappa shape index (κ1) is 27.1. The summed E-state index contributed by atoms with van der Waals surface area (Å²) in [5.41, 5.74) is 4.67. The zero-order valence-electron chi connectivity index (χ0n) is 24.0. The van der Waals surface area contributed by atoms with Crippen molar-refractivity contribution in [3.63, 3.8) is 0 Å². The molecule has 0 N–H and O–H groups in total. The molecule has 208 valence electrons. The summed E-state index contributed by atoms with van der Waals surface area (Å²) >= 11 is 0. The van der Waals surface area contributed by atoms with E-state index in [4.69, 9.17) is 14.2 Å². The Labute approximate surface area is 225 Å². The molecule has 6 nitrogen and oxygen atoms in total. The molecule has 0 radical (unpaired) electrons. The lowest BCUT2D eigenvalue weighted by Crippen LogP contribution is -2.48. The van der Waals surface area contributed by atoms with Crippen LogP contribution in [0.25, 0.3) is 0 Å². The number of piperazine rings is 1. The molecule has 0 unspecified atom stereocenters. The molecule has 0 amide bonds. The molecule has 6 heteroatoms. The topological polar surface area (TPSA) is 37.4 Å². The summed E-state index contributed by atoms with van der Waals surface area (Å²) in [6.45, 7) is 18.4. The Kier molecular flexibility index (Phi) is 8.88. The Balaban J connectivity index is 1.36. The Morgan fingerprint density at radius 2 is 1.38 bits per heavy atom. The van der Waals surface area contributed by atoms with Crippen molar-refractivity contribution >= 4 is 11.4 Å². The average molecular weight is 514 g/mol. The standard InChI is InChI=1S/C31H51N3O3/c1-31(2,3)26-7-5-25(6-8-26)27-21-29(34-15-19-37-20-16-34)30(35-4)22-28(27)33-13-11-32(12-14-33)23-24-9-17-36-18-10-24/h21-22,24-26H,5-20,23H2,1-4H3. The van der Waals surface area contributed by atoms with Gasteiger partial charge in [-0.25, -0.2) is 0 Å². The van der Waals surface area contributed by atoms with E-state index in [1.807, 2.05) is 7.11 Å². The first-order valence-electron chi connectivity index (χ1n) is 15.0. The summed E-state index contributed by atoms with van der Waals surface area (Å²) in [4.78, 5) is 7.83. The van der Waals surface area contributed by atoms with E-state index >= 15 is 0 Å². The Hall–Kier alpha value is -1.50. The largest absolute Gasteiger partial charge is 0.495 e. The average Bonchev–Trinajstić information content (AvgIpc) is 2.93. The van der Waals surface area contributed by atoms with Gasteiger partial charge in [0.15, 0.2) is 0 Å². The van der Waals surface area contributed by atoms with E-state index in [0.29, 0.717) is 11.3 Å². The van der Waals surface area contributed by atoms with Crippen LogP contribution < -0.4 is 14.5 Å². The molecule has 0 spiro atoms. The minimum Gasteiger partial charge on any atom is -0.495 e. The van der Waals surface area contributed by atoms with Crippen LogP contribution in [0.3, 0.4) is 0 Å². The van der Waals surface area contributed by atoms with Gasteiger partial charge in [-0.2, -0.15) is 0 Å². The van der Waals surface area contributed by atoms with E-state index in [2.05, 4.69) is 47.6 Å². The highest BCUT2D eigenvalue weighted by Crippen LogP contribution is 2.48. The number of anilines is 2. The fourth-order valence-corrected chi connectivity index (χ4v) is 7.13. The van der Waals surface area contributed by atoms with E-state index in [0.717, 1.165) is 83.3 Å². The summed E-state index contributed by atoms with van der Waals surface area (Å²) in [5.74, 6) is 3.30. The third-order valence-electron chi connectivity index (χ3n) is 9.64. The fraction of sp³-hybridized carbons (Fsp3) is 0.806. The first-order chi connectivity index (χ1) is 17.9. The zero-order valence-corrected chi connectivity index (χ0v) is 24.0. The minimum absolute atomic E-state index is 0.410. The van der Waals surface area contributed by atoms with Gasteiger partial charge >= 0.3 is 0 Å². The van der Waals surface area contributed by atoms with Crippen molar-refractivity contribution in [3.05, 3.63) is 17.7 Å². The van der Waals surface area contributed by atoms with Crippen LogP contribution in [0.2, 0.25) is 0 Å². The zero-order chi connectivity index (χ0) is 25.8. The highest BCUT2D eigenvalue weighted by molar-refractivity contribution is 5.71. The lowest BCUT2D eigenvalue weighted by atomic mass is 9.68. The molecule has 5 rings (SSSR count). The molecule has 3 aliphatic heterocycles. The van der Waals surface area contributed by atoms with Crippen LogP contribution in [-0.2, 0) is 9.47 Å². The summed E-state index contributed by atoms with van der Waals surface area (Å²) in [7, 11) is 1.84. The molecule has 1 aromatic rings. The Bertz CT molecular complexity index is 857. The van der Waals surface area contributed by atoms with Crippen LogP contribution in [0.15, 0.2) is 12.1 Å². The third-order valence-corrected chi connectivity index (χ3v) is 9.64. The lowest BCUT2D eigenvalue weighted by Gasteiger charge is -2.42. The van der Waals surface area contributed by atoms with Crippen molar-refractivity contribution in [1.29, 1.82) is 0 Å². The van der Waals surface area contributed by atoms with E-state index in [-0.39, 0.29) is 0 Å². The molecule has 0 bridgehead atoms. The van der Waals surface area contributed by atoms with Crippen molar-refractivity contribution in [3.8, 4) is 5.75 Å². The fourth-order valence-electron chi connectivity index (χ4n) is 7.13. The van der Waals surface area contributed by atoms with Crippen molar-refractivity contribution in [2.24, 2.45) is 17.3 Å². The molecule has 4 aliphatic rings. The SMILES string of the molecule is COc1cc(N2CCN(CC3CCOCC3)CC2)c(C2CCC(C(C)(C)C)CC2)cc1N1CCOCC1. The van der Waals surface area contributed by atoms with Crippen LogP contribution >= 0.6 is 0 Å². The smallest absolute Gasteiger partial charge is 0.144 e. The normalized spacial score (nSPS) is 26.9. The maximum absolute atomic E-state index is 6.02. The second-order valence-electron chi connectivity index (χ2n) is 12.9. The van der Waals surface area contributed by atoms with Crippen LogP contribution in [0, 0.1) is 17.3 Å². The van der Waals surface area contributed by atoms with Crippen LogP contribution in [-0.4, -0.2) is 84.3 Å². The number of methoxy groups -OCH3 is 1. The van der Waals surface area contributed by atoms with E-state index in [9.17, 15) is 0 Å². The van der Waals surface area contributed by atoms with Gasteiger partial charge in [-0.05, 0) is 73.3 Å². The Morgan fingerprint density at radius 1 is 0.757 bits per heavy atom. The number of hydrogen-bond acceptors (Lipinski definition) is 6. The van der Waals surface area contributed by atoms with Crippen molar-refractivity contribution in [2.75, 3.05) is 89.2 Å². The summed E-state index contributed by atoms with van der Waals surface area (Å²) in [5, 5.41) is 0. The van der Waals surface area contributed by atoms with E-state index in [1.165, 1.54) is 56.4 Å². The Morgan fingerprint density at radius 3 is 2.00 bits per heavy atom. The number of nitrogens with zero attached hydrogens (tertiary/aromatic N) is 3. The summed E-state index contributed by atoms with van der Waals surface area (Å²) in [6, 6.07) is 4.89. The van der Waals surface area contributed by atoms with Gasteiger partial charge in [-0.3, -0.25) is 4.90 Å². The number of ether oxygens (including phenoxy) is 3. The van der Waals surface area contributed by atoms with Crippen molar-refractivity contribution < 1.29 is 14.2 Å². The second kappa shape index (κ2) is 12.1. The molecule has 0 aromatic heterocycles. The molecule has 3 heterocycles. The molecule has 3 saturated heterocycles. The van der Waals surface area contributed by atoms with Gasteiger partial charge in [0.1, 0.15) is 5.75 Å². The summed E-state index contributed by atoms with van der Waals surface area (Å²) < 4.78 is 17.3. The van der Waals surface area contributed by atoms with Gasteiger partial charge in [0.25, 0.3) is 0 Å². The van der Waals surface area contributed by atoms with E-state index < -0.39 is 0 Å². The van der Waals surface area contributed by atoms with Gasteiger partial charge in [0.2, 0.25) is 0 Å². The molecule has 1 aromatic carbocycles. The second-order valence-corrected chi connectivity index (χ2v) is 12.9. The molecular formula is C31H51N3O3. The van der Waals surface area contributed by atoms with Crippen LogP contribution in [0.1, 0.15) is 70.8 Å². The number of hydrogen-bond donors (Lipinski definition) is 0. The molecule has 1 aliphatic carbocycles. The van der Waals surface area contributed by atoms with E-state index in [1.54, 1.807) is 5.56 Å². The maximum atomic E-state index is 6.02. The monoisotopic (exact) mass is 513 g/mol. The van der Waals surface area contributed by atoms with Crippen LogP contribution in [0.4, 0.5) is 11.4 Å².